The lowest BCUT2D eigenvalue weighted by molar-refractivity contribution is 0.263. The van der Waals surface area contributed by atoms with E-state index in [-0.39, 0.29) is 0 Å². The second kappa shape index (κ2) is 3.76. The smallest absolute Gasteiger partial charge is 0.259 e. The summed E-state index contributed by atoms with van der Waals surface area (Å²) in [5.74, 6) is 0. The Morgan fingerprint density at radius 2 is 1.90 bits per heavy atom. The summed E-state index contributed by atoms with van der Waals surface area (Å²) in [6.07, 6.45) is 3.84. The van der Waals surface area contributed by atoms with Crippen LogP contribution in [0.1, 0.15) is 19.3 Å². The molecule has 0 radical (unpaired) electrons. The summed E-state index contributed by atoms with van der Waals surface area (Å²) < 4.78 is 4.95. The Kier molecular flexibility index (Phi) is 2.93. The van der Waals surface area contributed by atoms with E-state index in [4.69, 9.17) is 17.0 Å². The molecular weight excluding hydrogens is 146 g/mol. The second-order valence-corrected chi connectivity index (χ2v) is 2.87. The van der Waals surface area contributed by atoms with E-state index in [0.717, 1.165) is 13.1 Å². The van der Waals surface area contributed by atoms with Crippen LogP contribution in [0.3, 0.4) is 0 Å². The van der Waals surface area contributed by atoms with Crippen LogP contribution in [0.5, 0.6) is 0 Å². The van der Waals surface area contributed by atoms with Crippen molar-refractivity contribution < 1.29 is 4.74 Å². The maximum atomic E-state index is 4.98. The number of methoxy groups -OCH3 is 1. The van der Waals surface area contributed by atoms with Crippen LogP contribution in [0, 0.1) is 0 Å². The molecule has 0 atom stereocenters. The fourth-order valence-electron chi connectivity index (χ4n) is 1.21. The maximum absolute atomic E-state index is 4.98. The van der Waals surface area contributed by atoms with Gasteiger partial charge < -0.3 is 9.64 Å². The third-order valence-corrected chi connectivity index (χ3v) is 2.21. The highest BCUT2D eigenvalue weighted by Crippen LogP contribution is 2.09. The zero-order valence-electron chi connectivity index (χ0n) is 6.30. The van der Waals surface area contributed by atoms with Gasteiger partial charge in [-0.25, -0.2) is 0 Å². The number of piperidine rings is 1. The van der Waals surface area contributed by atoms with Crippen LogP contribution in [0.25, 0.3) is 0 Å². The summed E-state index contributed by atoms with van der Waals surface area (Å²) in [6.45, 7) is 2.15. The van der Waals surface area contributed by atoms with Crippen LogP contribution < -0.4 is 0 Å². The highest BCUT2D eigenvalue weighted by Gasteiger charge is 2.12. The van der Waals surface area contributed by atoms with Crippen LogP contribution in [-0.4, -0.2) is 30.3 Å². The molecule has 2 nitrogen and oxygen atoms in total. The quantitative estimate of drug-likeness (QED) is 0.496. The summed E-state index contributed by atoms with van der Waals surface area (Å²) in [4.78, 5) is 2.12. The molecule has 0 unspecified atom stereocenters. The first-order chi connectivity index (χ1) is 4.84. The minimum absolute atomic E-state index is 0.653. The van der Waals surface area contributed by atoms with Gasteiger partial charge in [0.2, 0.25) is 0 Å². The van der Waals surface area contributed by atoms with Crippen LogP contribution in [0.2, 0.25) is 0 Å². The van der Waals surface area contributed by atoms with Gasteiger partial charge in [0.05, 0.1) is 7.11 Å². The fourth-order valence-corrected chi connectivity index (χ4v) is 1.39. The van der Waals surface area contributed by atoms with E-state index >= 15 is 0 Å². The third-order valence-electron chi connectivity index (χ3n) is 1.79. The molecule has 0 N–H and O–H groups in total. The Hall–Kier alpha value is -0.310. The summed E-state index contributed by atoms with van der Waals surface area (Å²) in [6, 6.07) is 0. The van der Waals surface area contributed by atoms with E-state index in [1.807, 2.05) is 0 Å². The molecule has 1 saturated heterocycles. The van der Waals surface area contributed by atoms with Crippen LogP contribution >= 0.6 is 12.2 Å². The fraction of sp³-hybridized carbons (Fsp3) is 0.857. The monoisotopic (exact) mass is 159 g/mol. The Balaban J connectivity index is 2.31. The van der Waals surface area contributed by atoms with E-state index in [9.17, 15) is 0 Å². The van der Waals surface area contributed by atoms with E-state index in [1.165, 1.54) is 19.3 Å². The van der Waals surface area contributed by atoms with Crippen molar-refractivity contribution in [1.82, 2.24) is 4.90 Å². The number of likely N-dealkylation sites (tertiary alicyclic amines) is 1. The Morgan fingerprint density at radius 1 is 1.30 bits per heavy atom. The number of nitrogens with zero attached hydrogens (tertiary/aromatic N) is 1. The molecule has 0 aliphatic carbocycles. The van der Waals surface area contributed by atoms with Crippen molar-refractivity contribution in [3.05, 3.63) is 0 Å². The lowest BCUT2D eigenvalue weighted by Crippen LogP contribution is -2.35. The number of hydrogen-bond acceptors (Lipinski definition) is 2. The van der Waals surface area contributed by atoms with Crippen molar-refractivity contribution in [1.29, 1.82) is 0 Å². The van der Waals surface area contributed by atoms with Gasteiger partial charge in [-0.1, -0.05) is 0 Å². The zero-order valence-corrected chi connectivity index (χ0v) is 7.12. The maximum Gasteiger partial charge on any atom is 0.259 e. The topological polar surface area (TPSA) is 12.5 Å². The van der Waals surface area contributed by atoms with Crippen molar-refractivity contribution in [2.24, 2.45) is 0 Å². The predicted molar refractivity (Wildman–Crippen MR) is 45.0 cm³/mol. The molecule has 0 spiro atoms. The third kappa shape index (κ3) is 1.84. The van der Waals surface area contributed by atoms with Gasteiger partial charge in [-0.15, -0.1) is 0 Å². The Labute approximate surface area is 67.2 Å². The van der Waals surface area contributed by atoms with Gasteiger partial charge in [-0.2, -0.15) is 0 Å². The lowest BCUT2D eigenvalue weighted by Gasteiger charge is -2.27. The molecule has 1 aliphatic rings. The van der Waals surface area contributed by atoms with Gasteiger partial charge in [0.1, 0.15) is 0 Å². The van der Waals surface area contributed by atoms with E-state index < -0.39 is 0 Å². The largest absolute Gasteiger partial charge is 0.474 e. The van der Waals surface area contributed by atoms with Crippen molar-refractivity contribution in [3.8, 4) is 0 Å². The lowest BCUT2D eigenvalue weighted by atomic mass is 10.1. The van der Waals surface area contributed by atoms with Crippen molar-refractivity contribution in [3.63, 3.8) is 0 Å². The first-order valence-corrected chi connectivity index (χ1v) is 4.08. The van der Waals surface area contributed by atoms with Gasteiger partial charge >= 0.3 is 0 Å². The average Bonchev–Trinajstić information content (AvgIpc) is 2.05. The van der Waals surface area contributed by atoms with Crippen LogP contribution in [0.4, 0.5) is 0 Å². The Morgan fingerprint density at radius 3 is 2.40 bits per heavy atom. The van der Waals surface area contributed by atoms with Gasteiger partial charge in [0.15, 0.2) is 0 Å². The number of ether oxygens (including phenoxy) is 1. The first kappa shape index (κ1) is 7.79. The predicted octanol–water partition coefficient (Wildman–Crippen LogP) is 1.40. The molecule has 1 aliphatic heterocycles. The molecule has 0 aromatic rings. The molecular formula is C7H13NOS. The number of hydrogen-bond donors (Lipinski definition) is 0. The normalized spacial score (nSPS) is 18.7. The van der Waals surface area contributed by atoms with E-state index in [2.05, 4.69) is 4.90 Å². The summed E-state index contributed by atoms with van der Waals surface area (Å²) in [5, 5.41) is 0.653. The minimum Gasteiger partial charge on any atom is -0.474 e. The highest BCUT2D eigenvalue weighted by atomic mass is 32.1. The molecule has 1 fully saturated rings. The van der Waals surface area contributed by atoms with Crippen LogP contribution in [0.15, 0.2) is 0 Å². The molecule has 0 aromatic carbocycles. The van der Waals surface area contributed by atoms with Gasteiger partial charge in [-0.3, -0.25) is 0 Å². The molecule has 58 valence electrons. The molecule has 10 heavy (non-hydrogen) atoms. The van der Waals surface area contributed by atoms with Gasteiger partial charge in [0.25, 0.3) is 5.17 Å². The van der Waals surface area contributed by atoms with Gasteiger partial charge in [0, 0.05) is 13.1 Å². The average molecular weight is 159 g/mol. The van der Waals surface area contributed by atoms with Crippen molar-refractivity contribution >= 4 is 17.4 Å². The second-order valence-electron chi connectivity index (χ2n) is 2.52. The Bertz CT molecular complexity index is 121. The molecule has 0 saturated carbocycles. The summed E-state index contributed by atoms with van der Waals surface area (Å²) in [7, 11) is 1.64. The van der Waals surface area contributed by atoms with E-state index in [1.54, 1.807) is 7.11 Å². The summed E-state index contributed by atoms with van der Waals surface area (Å²) >= 11 is 4.98. The van der Waals surface area contributed by atoms with Crippen molar-refractivity contribution in [2.75, 3.05) is 20.2 Å². The summed E-state index contributed by atoms with van der Waals surface area (Å²) in [5.41, 5.74) is 0. The van der Waals surface area contributed by atoms with E-state index in [0.29, 0.717) is 5.17 Å². The molecule has 0 aromatic heterocycles. The SMILES string of the molecule is COC(=S)N1CCCCC1. The molecule has 0 amide bonds. The zero-order chi connectivity index (χ0) is 7.40. The minimum atomic E-state index is 0.653. The van der Waals surface area contributed by atoms with Gasteiger partial charge in [-0.05, 0) is 31.5 Å². The molecule has 1 rings (SSSR count). The highest BCUT2D eigenvalue weighted by molar-refractivity contribution is 7.80. The molecule has 3 heteroatoms. The number of rotatable bonds is 0. The number of thiocarbonyl (C=S) groups is 1. The molecule has 0 bridgehead atoms. The first-order valence-electron chi connectivity index (χ1n) is 3.67. The molecule has 1 heterocycles. The van der Waals surface area contributed by atoms with Crippen LogP contribution in [-0.2, 0) is 4.74 Å². The standard InChI is InChI=1S/C7H13NOS/c1-9-7(10)8-5-3-2-4-6-8/h2-6H2,1H3. The van der Waals surface area contributed by atoms with Crippen molar-refractivity contribution in [2.45, 2.75) is 19.3 Å².